The number of carbonyl (C=O) groups excluding carboxylic acids is 1. The first-order valence-corrected chi connectivity index (χ1v) is 8.45. The van der Waals surface area contributed by atoms with E-state index in [2.05, 4.69) is 9.97 Å². The Balaban J connectivity index is 1.80. The van der Waals surface area contributed by atoms with Crippen LogP contribution in [-0.4, -0.2) is 22.9 Å². The molecule has 118 valence electrons. The number of aryl methyl sites for hydroxylation is 1. The second-order valence-corrected chi connectivity index (χ2v) is 6.67. The summed E-state index contributed by atoms with van der Waals surface area (Å²) in [6, 6.07) is 17.5. The summed E-state index contributed by atoms with van der Waals surface area (Å²) in [7, 11) is 1.77. The minimum atomic E-state index is -0.0734. The van der Waals surface area contributed by atoms with E-state index >= 15 is 0 Å². The van der Waals surface area contributed by atoms with E-state index in [1.54, 1.807) is 11.9 Å². The number of carbonyl (C=O) groups is 1. The lowest BCUT2D eigenvalue weighted by Gasteiger charge is -2.15. The van der Waals surface area contributed by atoms with E-state index in [9.17, 15) is 4.79 Å². The van der Waals surface area contributed by atoms with Crippen LogP contribution < -0.4 is 4.90 Å². The van der Waals surface area contributed by atoms with Crippen LogP contribution in [-0.2, 0) is 0 Å². The fraction of sp³-hybridized carbons (Fsp3) is 0.105. The van der Waals surface area contributed by atoms with Crippen LogP contribution in [0.4, 0.5) is 5.13 Å². The number of hydrogen-bond donors (Lipinski definition) is 0. The molecule has 2 heterocycles. The van der Waals surface area contributed by atoms with Crippen LogP contribution >= 0.6 is 11.3 Å². The van der Waals surface area contributed by atoms with Crippen molar-refractivity contribution in [1.29, 1.82) is 0 Å². The zero-order valence-electron chi connectivity index (χ0n) is 13.4. The molecule has 0 aliphatic rings. The molecule has 0 N–H and O–H groups in total. The van der Waals surface area contributed by atoms with Crippen molar-refractivity contribution in [2.45, 2.75) is 6.92 Å². The molecule has 0 aliphatic heterocycles. The molecule has 0 radical (unpaired) electrons. The zero-order valence-corrected chi connectivity index (χ0v) is 14.2. The lowest BCUT2D eigenvalue weighted by Crippen LogP contribution is -2.26. The van der Waals surface area contributed by atoms with Crippen molar-refractivity contribution in [1.82, 2.24) is 9.97 Å². The maximum absolute atomic E-state index is 13.1. The predicted molar refractivity (Wildman–Crippen MR) is 98.8 cm³/mol. The van der Waals surface area contributed by atoms with E-state index in [1.807, 2.05) is 61.5 Å². The lowest BCUT2D eigenvalue weighted by molar-refractivity contribution is 0.0994. The molecule has 0 spiro atoms. The number of rotatable bonds is 2. The lowest BCUT2D eigenvalue weighted by atomic mass is 10.1. The first kappa shape index (κ1) is 14.8. The van der Waals surface area contributed by atoms with Gasteiger partial charge >= 0.3 is 0 Å². The molecule has 0 saturated carbocycles. The number of thiazole rings is 1. The zero-order chi connectivity index (χ0) is 16.7. The normalized spacial score (nSPS) is 11.1. The van der Waals surface area contributed by atoms with Crippen LogP contribution in [0.15, 0.2) is 54.6 Å². The highest BCUT2D eigenvalue weighted by Crippen LogP contribution is 2.29. The number of fused-ring (bicyclic) bond motifs is 2. The molecule has 0 bridgehead atoms. The van der Waals surface area contributed by atoms with Gasteiger partial charge in [0, 0.05) is 18.1 Å². The maximum Gasteiger partial charge on any atom is 0.260 e. The van der Waals surface area contributed by atoms with Crippen LogP contribution in [0.2, 0.25) is 0 Å². The molecule has 0 aliphatic carbocycles. The summed E-state index contributed by atoms with van der Waals surface area (Å²) in [4.78, 5) is 23.7. The Labute approximate surface area is 143 Å². The van der Waals surface area contributed by atoms with E-state index in [-0.39, 0.29) is 5.91 Å². The monoisotopic (exact) mass is 333 g/mol. The van der Waals surface area contributed by atoms with Crippen LogP contribution in [0.1, 0.15) is 16.1 Å². The van der Waals surface area contributed by atoms with Gasteiger partial charge in [-0.2, -0.15) is 0 Å². The molecule has 2 aromatic carbocycles. The first-order valence-electron chi connectivity index (χ1n) is 7.63. The highest BCUT2D eigenvalue weighted by Gasteiger charge is 2.20. The molecule has 2 aromatic heterocycles. The molecule has 0 fully saturated rings. The third-order valence-corrected chi connectivity index (χ3v) is 5.06. The van der Waals surface area contributed by atoms with Gasteiger partial charge in [0.15, 0.2) is 5.13 Å². The number of hydrogen-bond acceptors (Lipinski definition) is 4. The van der Waals surface area contributed by atoms with Gasteiger partial charge in [0.1, 0.15) is 0 Å². The molecule has 0 unspecified atom stereocenters. The van der Waals surface area contributed by atoms with Crippen LogP contribution in [0.3, 0.4) is 0 Å². The Morgan fingerprint density at radius 2 is 1.71 bits per heavy atom. The number of benzene rings is 2. The summed E-state index contributed by atoms with van der Waals surface area (Å²) in [5.74, 6) is -0.0734. The van der Waals surface area contributed by atoms with E-state index in [0.717, 1.165) is 26.8 Å². The van der Waals surface area contributed by atoms with Gasteiger partial charge in [0.2, 0.25) is 0 Å². The smallest absolute Gasteiger partial charge is 0.260 e. The first-order chi connectivity index (χ1) is 11.6. The molecule has 0 saturated heterocycles. The summed E-state index contributed by atoms with van der Waals surface area (Å²) in [6.07, 6.45) is 0. The van der Waals surface area contributed by atoms with Gasteiger partial charge in [-0.25, -0.2) is 4.98 Å². The quantitative estimate of drug-likeness (QED) is 0.545. The molecule has 4 aromatic rings. The second-order valence-electron chi connectivity index (χ2n) is 5.66. The Morgan fingerprint density at radius 1 is 1.00 bits per heavy atom. The average Bonchev–Trinajstić information content (AvgIpc) is 3.03. The van der Waals surface area contributed by atoms with Crippen molar-refractivity contribution in [3.05, 3.63) is 65.9 Å². The topological polar surface area (TPSA) is 46.1 Å². The summed E-state index contributed by atoms with van der Waals surface area (Å²) >= 11 is 1.52. The molecule has 4 nitrogen and oxygen atoms in total. The van der Waals surface area contributed by atoms with Gasteiger partial charge in [0.05, 0.1) is 21.3 Å². The second kappa shape index (κ2) is 5.69. The minimum Gasteiger partial charge on any atom is -0.287 e. The Morgan fingerprint density at radius 3 is 2.50 bits per heavy atom. The maximum atomic E-state index is 13.1. The average molecular weight is 333 g/mol. The van der Waals surface area contributed by atoms with Gasteiger partial charge in [-0.15, -0.1) is 0 Å². The van der Waals surface area contributed by atoms with Crippen molar-refractivity contribution in [2.75, 3.05) is 11.9 Å². The van der Waals surface area contributed by atoms with Crippen molar-refractivity contribution in [2.24, 2.45) is 0 Å². The van der Waals surface area contributed by atoms with Crippen molar-refractivity contribution in [3.8, 4) is 0 Å². The van der Waals surface area contributed by atoms with Gasteiger partial charge in [-0.1, -0.05) is 41.7 Å². The standard InChI is InChI=1S/C19H15N3OS/c1-12-11-14(13-7-3-4-8-15(13)20-12)18(23)22(2)19-21-16-9-5-6-10-17(16)24-19/h3-11H,1-2H3. The number of aromatic nitrogens is 2. The van der Waals surface area contributed by atoms with Crippen molar-refractivity contribution >= 4 is 43.5 Å². The van der Waals surface area contributed by atoms with E-state index in [0.29, 0.717) is 10.7 Å². The van der Waals surface area contributed by atoms with Gasteiger partial charge < -0.3 is 0 Å². The number of nitrogens with zero attached hydrogens (tertiary/aromatic N) is 3. The largest absolute Gasteiger partial charge is 0.287 e. The number of pyridine rings is 1. The summed E-state index contributed by atoms with van der Waals surface area (Å²) in [5.41, 5.74) is 3.22. The third-order valence-electron chi connectivity index (χ3n) is 3.95. The van der Waals surface area contributed by atoms with Gasteiger partial charge in [-0.05, 0) is 31.2 Å². The molecule has 4 rings (SSSR count). The minimum absolute atomic E-state index is 0.0734. The van der Waals surface area contributed by atoms with Gasteiger partial charge in [-0.3, -0.25) is 14.7 Å². The van der Waals surface area contributed by atoms with E-state index in [4.69, 9.17) is 0 Å². The predicted octanol–water partition coefficient (Wildman–Crippen LogP) is 4.43. The highest BCUT2D eigenvalue weighted by atomic mass is 32.1. The van der Waals surface area contributed by atoms with Crippen LogP contribution in [0.25, 0.3) is 21.1 Å². The van der Waals surface area contributed by atoms with Crippen molar-refractivity contribution < 1.29 is 4.79 Å². The summed E-state index contributed by atoms with van der Waals surface area (Å²) in [5, 5.41) is 1.56. The van der Waals surface area contributed by atoms with Gasteiger partial charge in [0.25, 0.3) is 5.91 Å². The van der Waals surface area contributed by atoms with E-state index < -0.39 is 0 Å². The molecule has 1 amide bonds. The molecule has 0 atom stereocenters. The fourth-order valence-corrected chi connectivity index (χ4v) is 3.68. The SMILES string of the molecule is Cc1cc(C(=O)N(C)c2nc3ccccc3s2)c2ccccc2n1. The molecule has 24 heavy (non-hydrogen) atoms. The van der Waals surface area contributed by atoms with E-state index in [1.165, 1.54) is 11.3 Å². The highest BCUT2D eigenvalue weighted by molar-refractivity contribution is 7.22. The fourth-order valence-electron chi connectivity index (χ4n) is 2.76. The van der Waals surface area contributed by atoms with Crippen LogP contribution in [0, 0.1) is 6.92 Å². The number of para-hydroxylation sites is 2. The third kappa shape index (κ3) is 2.43. The van der Waals surface area contributed by atoms with Crippen LogP contribution in [0.5, 0.6) is 0 Å². The van der Waals surface area contributed by atoms with Crippen molar-refractivity contribution in [3.63, 3.8) is 0 Å². The molecular formula is C19H15N3OS. The Bertz CT molecular complexity index is 1040. The number of anilines is 1. The Kier molecular flexibility index (Phi) is 3.50. The molecular weight excluding hydrogens is 318 g/mol. The Hall–Kier alpha value is -2.79. The number of amides is 1. The molecule has 5 heteroatoms. The summed E-state index contributed by atoms with van der Waals surface area (Å²) in [6.45, 7) is 1.90. The summed E-state index contributed by atoms with van der Waals surface area (Å²) < 4.78 is 1.07.